The first kappa shape index (κ1) is 14.1. The fraction of sp³-hybridized carbons (Fsp3) is 0.333. The number of aromatic nitrogens is 3. The van der Waals surface area contributed by atoms with Gasteiger partial charge >= 0.3 is 0 Å². The number of nitrogens with one attached hydrogen (secondary N) is 1. The highest BCUT2D eigenvalue weighted by molar-refractivity contribution is 9.10. The Labute approximate surface area is 118 Å². The van der Waals surface area contributed by atoms with E-state index in [1.165, 1.54) is 10.9 Å². The van der Waals surface area contributed by atoms with Gasteiger partial charge in [0.05, 0.1) is 6.20 Å². The molecule has 0 saturated heterocycles. The van der Waals surface area contributed by atoms with Gasteiger partial charge in [-0.1, -0.05) is 6.92 Å². The molecule has 1 N–H and O–H groups in total. The number of hydrogen-bond donors (Lipinski definition) is 1. The van der Waals surface area contributed by atoms with Crippen molar-refractivity contribution >= 4 is 15.9 Å². The number of hydrogen-bond acceptors (Lipinski definition) is 3. The molecular weight excluding hydrogens is 318 g/mol. The summed E-state index contributed by atoms with van der Waals surface area (Å²) in [5.74, 6) is 0.376. The smallest absolute Gasteiger partial charge is 0.280 e. The van der Waals surface area contributed by atoms with Gasteiger partial charge in [-0.3, -0.25) is 0 Å². The molecule has 0 amide bonds. The molecular formula is C12H13BrF2N4. The summed E-state index contributed by atoms with van der Waals surface area (Å²) in [5, 5.41) is 7.03. The van der Waals surface area contributed by atoms with E-state index in [0.717, 1.165) is 4.47 Å². The maximum absolute atomic E-state index is 13.2. The lowest BCUT2D eigenvalue weighted by atomic mass is 10.2. The van der Waals surface area contributed by atoms with E-state index < -0.39 is 6.43 Å². The van der Waals surface area contributed by atoms with Gasteiger partial charge in [0, 0.05) is 22.8 Å². The van der Waals surface area contributed by atoms with Crippen molar-refractivity contribution in [3.8, 4) is 5.82 Å². The van der Waals surface area contributed by atoms with Crippen LogP contribution in [-0.4, -0.2) is 21.3 Å². The van der Waals surface area contributed by atoms with Gasteiger partial charge in [0.15, 0.2) is 5.82 Å². The van der Waals surface area contributed by atoms with Gasteiger partial charge in [0.1, 0.15) is 5.69 Å². The molecule has 4 nitrogen and oxygen atoms in total. The Hall–Kier alpha value is -1.34. The lowest BCUT2D eigenvalue weighted by Crippen LogP contribution is -2.14. The van der Waals surface area contributed by atoms with Crippen molar-refractivity contribution in [1.82, 2.24) is 20.1 Å². The van der Waals surface area contributed by atoms with Crippen LogP contribution in [0.25, 0.3) is 5.82 Å². The van der Waals surface area contributed by atoms with Crippen LogP contribution in [0.2, 0.25) is 0 Å². The van der Waals surface area contributed by atoms with E-state index in [-0.39, 0.29) is 5.69 Å². The first-order valence-corrected chi connectivity index (χ1v) is 6.60. The molecule has 0 fully saturated rings. The summed E-state index contributed by atoms with van der Waals surface area (Å²) in [6.07, 6.45) is 0.408. The second kappa shape index (κ2) is 6.21. The number of pyridine rings is 1. The Morgan fingerprint density at radius 3 is 2.74 bits per heavy atom. The van der Waals surface area contributed by atoms with E-state index in [2.05, 4.69) is 31.3 Å². The van der Waals surface area contributed by atoms with Crippen molar-refractivity contribution in [3.05, 3.63) is 40.3 Å². The molecule has 0 atom stereocenters. The van der Waals surface area contributed by atoms with Crippen molar-refractivity contribution in [2.24, 2.45) is 0 Å². The minimum absolute atomic E-state index is 0.115. The quantitative estimate of drug-likeness (QED) is 0.916. The third kappa shape index (κ3) is 3.16. The average molecular weight is 331 g/mol. The van der Waals surface area contributed by atoms with Crippen LogP contribution in [0.5, 0.6) is 0 Å². The monoisotopic (exact) mass is 330 g/mol. The summed E-state index contributed by atoms with van der Waals surface area (Å²) in [6, 6.07) is 3.38. The van der Waals surface area contributed by atoms with Crippen molar-refractivity contribution in [3.63, 3.8) is 0 Å². The molecule has 0 aromatic carbocycles. The molecule has 2 aromatic rings. The fourth-order valence-corrected chi connectivity index (χ4v) is 1.93. The second-order valence-electron chi connectivity index (χ2n) is 3.88. The lowest BCUT2D eigenvalue weighted by Gasteiger charge is -2.08. The zero-order chi connectivity index (χ0) is 13.8. The first-order valence-electron chi connectivity index (χ1n) is 5.81. The van der Waals surface area contributed by atoms with E-state index in [9.17, 15) is 8.78 Å². The minimum atomic E-state index is -2.60. The van der Waals surface area contributed by atoms with Gasteiger partial charge in [0.2, 0.25) is 0 Å². The Bertz CT molecular complexity index is 539. The van der Waals surface area contributed by atoms with E-state index in [1.54, 1.807) is 18.3 Å². The Morgan fingerprint density at radius 2 is 2.16 bits per heavy atom. The SMILES string of the molecule is CCNCc1cnn(-c2ccc(Br)cn2)c1C(F)F. The third-order valence-electron chi connectivity index (χ3n) is 2.59. The summed E-state index contributed by atoms with van der Waals surface area (Å²) in [5.41, 5.74) is 0.373. The molecule has 0 unspecified atom stereocenters. The highest BCUT2D eigenvalue weighted by Crippen LogP contribution is 2.25. The molecule has 0 aliphatic heterocycles. The van der Waals surface area contributed by atoms with Crippen LogP contribution in [0.15, 0.2) is 29.0 Å². The highest BCUT2D eigenvalue weighted by Gasteiger charge is 2.21. The van der Waals surface area contributed by atoms with Crippen LogP contribution < -0.4 is 5.32 Å². The molecule has 2 aromatic heterocycles. The van der Waals surface area contributed by atoms with Crippen molar-refractivity contribution in [1.29, 1.82) is 0 Å². The van der Waals surface area contributed by atoms with Gasteiger partial charge in [0.25, 0.3) is 6.43 Å². The van der Waals surface area contributed by atoms with Crippen LogP contribution in [0.1, 0.15) is 24.6 Å². The normalized spacial score (nSPS) is 11.2. The molecule has 0 saturated carbocycles. The standard InChI is InChI=1S/C12H13BrF2N4/c1-2-16-5-8-6-18-19(11(8)12(14)15)10-4-3-9(13)7-17-10/h3-4,6-7,12,16H,2,5H2,1H3. The maximum Gasteiger partial charge on any atom is 0.280 e. The molecule has 2 heterocycles. The molecule has 102 valence electrons. The van der Waals surface area contributed by atoms with Crippen LogP contribution >= 0.6 is 15.9 Å². The van der Waals surface area contributed by atoms with E-state index >= 15 is 0 Å². The van der Waals surface area contributed by atoms with Crippen molar-refractivity contribution < 1.29 is 8.78 Å². The van der Waals surface area contributed by atoms with Gasteiger partial charge < -0.3 is 5.32 Å². The third-order valence-corrected chi connectivity index (χ3v) is 3.06. The number of halogens is 3. The highest BCUT2D eigenvalue weighted by atomic mass is 79.9. The Balaban J connectivity index is 2.39. The zero-order valence-electron chi connectivity index (χ0n) is 10.3. The number of alkyl halides is 2. The molecule has 0 spiro atoms. The molecule has 0 radical (unpaired) electrons. The minimum Gasteiger partial charge on any atom is -0.313 e. The summed E-state index contributed by atoms with van der Waals surface area (Å²) < 4.78 is 28.3. The largest absolute Gasteiger partial charge is 0.313 e. The maximum atomic E-state index is 13.2. The topological polar surface area (TPSA) is 42.7 Å². The van der Waals surface area contributed by atoms with E-state index in [1.807, 2.05) is 6.92 Å². The van der Waals surface area contributed by atoms with Crippen LogP contribution in [0.4, 0.5) is 8.78 Å². The Kier molecular flexibility index (Phi) is 4.60. The predicted molar refractivity (Wildman–Crippen MR) is 71.4 cm³/mol. The van der Waals surface area contributed by atoms with Crippen LogP contribution in [0, 0.1) is 0 Å². The van der Waals surface area contributed by atoms with Gasteiger partial charge in [-0.25, -0.2) is 18.4 Å². The average Bonchev–Trinajstić information content (AvgIpc) is 2.81. The van der Waals surface area contributed by atoms with Gasteiger partial charge in [-0.05, 0) is 34.6 Å². The summed E-state index contributed by atoms with van der Waals surface area (Å²) >= 11 is 3.25. The summed E-state index contributed by atoms with van der Waals surface area (Å²) in [4.78, 5) is 4.09. The summed E-state index contributed by atoms with van der Waals surface area (Å²) in [6.45, 7) is 3.00. The fourth-order valence-electron chi connectivity index (χ4n) is 1.70. The molecule has 0 aliphatic rings. The molecule has 2 rings (SSSR count). The number of rotatable bonds is 5. The molecule has 7 heteroatoms. The molecule has 19 heavy (non-hydrogen) atoms. The lowest BCUT2D eigenvalue weighted by molar-refractivity contribution is 0.141. The predicted octanol–water partition coefficient (Wildman–Crippen LogP) is 3.08. The van der Waals surface area contributed by atoms with E-state index in [0.29, 0.717) is 24.5 Å². The van der Waals surface area contributed by atoms with Crippen LogP contribution in [0.3, 0.4) is 0 Å². The molecule has 0 bridgehead atoms. The summed E-state index contributed by atoms with van der Waals surface area (Å²) in [7, 11) is 0. The van der Waals surface area contributed by atoms with Gasteiger partial charge in [-0.2, -0.15) is 5.10 Å². The second-order valence-corrected chi connectivity index (χ2v) is 4.80. The van der Waals surface area contributed by atoms with Crippen LogP contribution in [-0.2, 0) is 6.54 Å². The van der Waals surface area contributed by atoms with Crippen molar-refractivity contribution in [2.75, 3.05) is 6.54 Å². The van der Waals surface area contributed by atoms with Gasteiger partial charge in [-0.15, -0.1) is 0 Å². The van der Waals surface area contributed by atoms with E-state index in [4.69, 9.17) is 0 Å². The Morgan fingerprint density at radius 1 is 1.37 bits per heavy atom. The molecule has 0 aliphatic carbocycles. The first-order chi connectivity index (χ1) is 9.13. The number of nitrogens with zero attached hydrogens (tertiary/aromatic N) is 3. The zero-order valence-corrected chi connectivity index (χ0v) is 11.9. The van der Waals surface area contributed by atoms with Crippen molar-refractivity contribution in [2.45, 2.75) is 19.9 Å².